The molecule has 1 aliphatic heterocycles. The van der Waals surface area contributed by atoms with E-state index < -0.39 is 0 Å². The van der Waals surface area contributed by atoms with Gasteiger partial charge in [-0.15, -0.1) is 0 Å². The molecule has 1 saturated heterocycles. The van der Waals surface area contributed by atoms with Gasteiger partial charge in [-0.05, 0) is 61.4 Å². The minimum absolute atomic E-state index is 0.0276. The van der Waals surface area contributed by atoms with E-state index in [0.717, 1.165) is 24.5 Å². The van der Waals surface area contributed by atoms with Crippen molar-refractivity contribution in [1.29, 1.82) is 0 Å². The van der Waals surface area contributed by atoms with Crippen molar-refractivity contribution >= 4 is 17.3 Å². The van der Waals surface area contributed by atoms with E-state index in [4.69, 9.17) is 9.47 Å². The molecule has 1 heterocycles. The topological polar surface area (TPSA) is 50.8 Å². The molecule has 0 unspecified atom stereocenters. The van der Waals surface area contributed by atoms with Crippen molar-refractivity contribution in [2.75, 3.05) is 37.0 Å². The summed E-state index contributed by atoms with van der Waals surface area (Å²) in [5, 5.41) is 2.85. The fourth-order valence-corrected chi connectivity index (χ4v) is 2.75. The van der Waals surface area contributed by atoms with Gasteiger partial charge in [0.1, 0.15) is 11.5 Å². The molecule has 1 amide bonds. The van der Waals surface area contributed by atoms with Gasteiger partial charge >= 0.3 is 0 Å². The molecule has 5 nitrogen and oxygen atoms in total. The van der Waals surface area contributed by atoms with Crippen molar-refractivity contribution in [2.45, 2.75) is 12.8 Å². The second kappa shape index (κ2) is 7.73. The fourth-order valence-electron chi connectivity index (χ4n) is 2.75. The first kappa shape index (κ1) is 16.2. The quantitative estimate of drug-likeness (QED) is 0.885. The molecule has 0 radical (unpaired) electrons. The number of hydrogen-bond donors (Lipinski definition) is 1. The Kier molecular flexibility index (Phi) is 5.21. The summed E-state index contributed by atoms with van der Waals surface area (Å²) < 4.78 is 10.6. The van der Waals surface area contributed by atoms with Gasteiger partial charge < -0.3 is 19.7 Å². The van der Waals surface area contributed by atoms with E-state index in [1.807, 2.05) is 24.3 Å². The Balaban J connectivity index is 1.48. The highest BCUT2D eigenvalue weighted by Crippen LogP contribution is 2.22. The average molecular weight is 326 g/mol. The molecule has 126 valence electrons. The van der Waals surface area contributed by atoms with Crippen LogP contribution in [0.1, 0.15) is 12.8 Å². The van der Waals surface area contributed by atoms with Gasteiger partial charge in [-0.2, -0.15) is 0 Å². The lowest BCUT2D eigenvalue weighted by molar-refractivity contribution is -0.118. The smallest absolute Gasteiger partial charge is 0.262 e. The second-order valence-corrected chi connectivity index (χ2v) is 5.75. The molecule has 1 fully saturated rings. The maximum Gasteiger partial charge on any atom is 0.262 e. The fraction of sp³-hybridized carbons (Fsp3) is 0.316. The van der Waals surface area contributed by atoms with Crippen LogP contribution in [-0.4, -0.2) is 32.7 Å². The van der Waals surface area contributed by atoms with E-state index in [9.17, 15) is 4.79 Å². The zero-order valence-electron chi connectivity index (χ0n) is 13.8. The van der Waals surface area contributed by atoms with Crippen molar-refractivity contribution in [3.63, 3.8) is 0 Å². The van der Waals surface area contributed by atoms with Gasteiger partial charge in [-0.1, -0.05) is 0 Å². The number of methoxy groups -OCH3 is 1. The molecule has 2 aromatic carbocycles. The highest BCUT2D eigenvalue weighted by Gasteiger charge is 2.12. The number of amides is 1. The summed E-state index contributed by atoms with van der Waals surface area (Å²) in [6, 6.07) is 15.1. The highest BCUT2D eigenvalue weighted by atomic mass is 16.5. The summed E-state index contributed by atoms with van der Waals surface area (Å²) in [5.74, 6) is 1.21. The third-order valence-electron chi connectivity index (χ3n) is 4.05. The van der Waals surface area contributed by atoms with Crippen molar-refractivity contribution in [3.05, 3.63) is 48.5 Å². The highest BCUT2D eigenvalue weighted by molar-refractivity contribution is 5.92. The molecule has 3 rings (SSSR count). The van der Waals surface area contributed by atoms with Gasteiger partial charge in [0.05, 0.1) is 7.11 Å². The molecule has 1 aliphatic rings. The Bertz CT molecular complexity index is 662. The molecule has 0 aromatic heterocycles. The van der Waals surface area contributed by atoms with Crippen LogP contribution in [0, 0.1) is 0 Å². The monoisotopic (exact) mass is 326 g/mol. The molecule has 1 N–H and O–H groups in total. The zero-order chi connectivity index (χ0) is 16.8. The molecule has 0 aliphatic carbocycles. The number of nitrogens with zero attached hydrogens (tertiary/aromatic N) is 1. The van der Waals surface area contributed by atoms with Gasteiger partial charge in [-0.3, -0.25) is 4.79 Å². The van der Waals surface area contributed by atoms with Gasteiger partial charge in [0, 0.05) is 24.5 Å². The predicted octanol–water partition coefficient (Wildman–Crippen LogP) is 3.31. The molecule has 2 aromatic rings. The van der Waals surface area contributed by atoms with Crippen LogP contribution in [0.4, 0.5) is 11.4 Å². The van der Waals surface area contributed by atoms with Crippen LogP contribution in [0.15, 0.2) is 48.5 Å². The van der Waals surface area contributed by atoms with Crippen molar-refractivity contribution in [1.82, 2.24) is 0 Å². The molecule has 0 spiro atoms. The van der Waals surface area contributed by atoms with E-state index in [1.54, 1.807) is 31.4 Å². The molecule has 5 heteroatoms. The largest absolute Gasteiger partial charge is 0.497 e. The second-order valence-electron chi connectivity index (χ2n) is 5.75. The normalized spacial score (nSPS) is 13.6. The first-order valence-corrected chi connectivity index (χ1v) is 8.16. The lowest BCUT2D eigenvalue weighted by Gasteiger charge is -2.17. The van der Waals surface area contributed by atoms with Crippen LogP contribution in [0.3, 0.4) is 0 Å². The maximum absolute atomic E-state index is 12.0. The number of nitrogens with one attached hydrogen (secondary N) is 1. The predicted molar refractivity (Wildman–Crippen MR) is 95.0 cm³/mol. The first-order valence-electron chi connectivity index (χ1n) is 8.16. The Morgan fingerprint density at radius 1 is 1.00 bits per heavy atom. The van der Waals surface area contributed by atoms with Crippen LogP contribution < -0.4 is 19.7 Å². The SMILES string of the molecule is COc1ccc(OCC(=O)Nc2ccc(N3CCCC3)cc2)cc1. The summed E-state index contributed by atoms with van der Waals surface area (Å²) >= 11 is 0. The Morgan fingerprint density at radius 2 is 1.62 bits per heavy atom. The lowest BCUT2D eigenvalue weighted by atomic mass is 10.2. The third kappa shape index (κ3) is 4.19. The molecule has 24 heavy (non-hydrogen) atoms. The molecular formula is C19H22N2O3. The van der Waals surface area contributed by atoms with E-state index in [0.29, 0.717) is 5.75 Å². The van der Waals surface area contributed by atoms with Crippen LogP contribution in [0.5, 0.6) is 11.5 Å². The number of rotatable bonds is 6. The number of benzene rings is 2. The standard InChI is InChI=1S/C19H22N2O3/c1-23-17-8-10-18(11-9-17)24-14-19(22)20-15-4-6-16(7-5-15)21-12-2-3-13-21/h4-11H,2-3,12-14H2,1H3,(H,20,22). The van der Waals surface area contributed by atoms with E-state index in [-0.39, 0.29) is 12.5 Å². The van der Waals surface area contributed by atoms with Crippen molar-refractivity contribution in [2.24, 2.45) is 0 Å². The van der Waals surface area contributed by atoms with Crippen molar-refractivity contribution in [3.8, 4) is 11.5 Å². The van der Waals surface area contributed by atoms with Crippen LogP contribution >= 0.6 is 0 Å². The van der Waals surface area contributed by atoms with E-state index in [2.05, 4.69) is 10.2 Å². The number of hydrogen-bond acceptors (Lipinski definition) is 4. The zero-order valence-corrected chi connectivity index (χ0v) is 13.8. The minimum atomic E-state index is -0.181. The lowest BCUT2D eigenvalue weighted by Crippen LogP contribution is -2.20. The minimum Gasteiger partial charge on any atom is -0.497 e. The molecule has 0 atom stereocenters. The summed E-state index contributed by atoms with van der Waals surface area (Å²) in [5.41, 5.74) is 1.99. The Hall–Kier alpha value is -2.69. The average Bonchev–Trinajstić information content (AvgIpc) is 3.16. The Morgan fingerprint density at radius 3 is 2.25 bits per heavy atom. The maximum atomic E-state index is 12.0. The number of carbonyl (C=O) groups is 1. The molecule has 0 bridgehead atoms. The van der Waals surface area contributed by atoms with Gasteiger partial charge in [-0.25, -0.2) is 0 Å². The van der Waals surface area contributed by atoms with Crippen LogP contribution in [0.2, 0.25) is 0 Å². The van der Waals surface area contributed by atoms with E-state index in [1.165, 1.54) is 18.5 Å². The van der Waals surface area contributed by atoms with Gasteiger partial charge in [0.25, 0.3) is 5.91 Å². The van der Waals surface area contributed by atoms with E-state index >= 15 is 0 Å². The van der Waals surface area contributed by atoms with Gasteiger partial charge in [0.2, 0.25) is 0 Å². The van der Waals surface area contributed by atoms with Crippen molar-refractivity contribution < 1.29 is 14.3 Å². The van der Waals surface area contributed by atoms with Crippen LogP contribution in [0.25, 0.3) is 0 Å². The summed E-state index contributed by atoms with van der Waals surface area (Å²) in [6.07, 6.45) is 2.50. The molecular weight excluding hydrogens is 304 g/mol. The van der Waals surface area contributed by atoms with Gasteiger partial charge in [0.15, 0.2) is 6.61 Å². The number of ether oxygens (including phenoxy) is 2. The summed E-state index contributed by atoms with van der Waals surface area (Å²) in [4.78, 5) is 14.3. The first-order chi connectivity index (χ1) is 11.7. The summed E-state index contributed by atoms with van der Waals surface area (Å²) in [6.45, 7) is 2.20. The van der Waals surface area contributed by atoms with Crippen LogP contribution in [-0.2, 0) is 4.79 Å². The summed E-state index contributed by atoms with van der Waals surface area (Å²) in [7, 11) is 1.61. The number of carbonyl (C=O) groups excluding carboxylic acids is 1. The number of anilines is 2. The molecule has 0 saturated carbocycles. The third-order valence-corrected chi connectivity index (χ3v) is 4.05. The Labute approximate surface area is 142 Å².